The van der Waals surface area contributed by atoms with Crippen LogP contribution in [0.15, 0.2) is 36.7 Å². The summed E-state index contributed by atoms with van der Waals surface area (Å²) in [7, 11) is 3.52. The quantitative estimate of drug-likeness (QED) is 0.837. The Labute approximate surface area is 148 Å². The van der Waals surface area contributed by atoms with Crippen LogP contribution < -0.4 is 4.74 Å². The van der Waals surface area contributed by atoms with E-state index in [0.717, 1.165) is 24.2 Å². The zero-order valence-electron chi connectivity index (χ0n) is 15.1. The lowest BCUT2D eigenvalue weighted by molar-refractivity contribution is -0.0827. The van der Waals surface area contributed by atoms with Crippen LogP contribution in [0.2, 0.25) is 0 Å². The number of hydrogen-bond donors (Lipinski definition) is 0. The molecule has 0 aliphatic carbocycles. The van der Waals surface area contributed by atoms with E-state index in [1.54, 1.807) is 24.1 Å². The van der Waals surface area contributed by atoms with Crippen LogP contribution in [0.4, 0.5) is 0 Å². The SMILES string of the molecule is CO[C@]1(COc2ccccc2C)CCCN(C(=O)c2nccn2C)C1. The maximum Gasteiger partial charge on any atom is 0.289 e. The lowest BCUT2D eigenvalue weighted by Crippen LogP contribution is -2.54. The summed E-state index contributed by atoms with van der Waals surface area (Å²) in [6, 6.07) is 7.92. The fourth-order valence-electron chi connectivity index (χ4n) is 3.26. The summed E-state index contributed by atoms with van der Waals surface area (Å²) < 4.78 is 13.6. The fourth-order valence-corrected chi connectivity index (χ4v) is 3.26. The molecular formula is C19H25N3O3. The molecule has 1 fully saturated rings. The number of para-hydroxylation sites is 1. The number of aryl methyl sites for hydroxylation is 2. The number of carbonyl (C=O) groups is 1. The lowest BCUT2D eigenvalue weighted by atomic mass is 9.93. The number of nitrogens with zero attached hydrogens (tertiary/aromatic N) is 3. The second-order valence-corrected chi connectivity index (χ2v) is 6.63. The monoisotopic (exact) mass is 343 g/mol. The molecule has 0 saturated carbocycles. The van der Waals surface area contributed by atoms with Crippen LogP contribution in [-0.4, -0.2) is 52.8 Å². The van der Waals surface area contributed by atoms with Crippen molar-refractivity contribution < 1.29 is 14.3 Å². The number of rotatable bonds is 5. The van der Waals surface area contributed by atoms with Crippen LogP contribution in [0, 0.1) is 6.92 Å². The summed E-state index contributed by atoms with van der Waals surface area (Å²) >= 11 is 0. The minimum Gasteiger partial charge on any atom is -0.490 e. The first kappa shape index (κ1) is 17.5. The lowest BCUT2D eigenvalue weighted by Gasteiger charge is -2.41. The van der Waals surface area contributed by atoms with Gasteiger partial charge in [0.1, 0.15) is 18.0 Å². The third kappa shape index (κ3) is 3.69. The van der Waals surface area contributed by atoms with Gasteiger partial charge in [-0.05, 0) is 31.4 Å². The van der Waals surface area contributed by atoms with E-state index in [2.05, 4.69) is 4.98 Å². The number of aromatic nitrogens is 2. The second-order valence-electron chi connectivity index (χ2n) is 6.63. The van der Waals surface area contributed by atoms with Crippen LogP contribution in [0.3, 0.4) is 0 Å². The Morgan fingerprint density at radius 3 is 2.84 bits per heavy atom. The van der Waals surface area contributed by atoms with E-state index >= 15 is 0 Å². The highest BCUT2D eigenvalue weighted by Crippen LogP contribution is 2.27. The maximum absolute atomic E-state index is 12.8. The molecule has 0 spiro atoms. The molecule has 6 heteroatoms. The zero-order valence-corrected chi connectivity index (χ0v) is 15.1. The van der Waals surface area contributed by atoms with Crippen molar-refractivity contribution in [1.29, 1.82) is 0 Å². The van der Waals surface area contributed by atoms with E-state index in [1.807, 2.05) is 43.1 Å². The highest BCUT2D eigenvalue weighted by Gasteiger charge is 2.39. The topological polar surface area (TPSA) is 56.6 Å². The molecule has 2 aromatic rings. The van der Waals surface area contributed by atoms with Gasteiger partial charge in [0.25, 0.3) is 5.91 Å². The maximum atomic E-state index is 12.8. The van der Waals surface area contributed by atoms with E-state index in [4.69, 9.17) is 9.47 Å². The predicted molar refractivity (Wildman–Crippen MR) is 94.8 cm³/mol. The molecule has 0 radical (unpaired) electrons. The fraction of sp³-hybridized carbons (Fsp3) is 0.474. The van der Waals surface area contributed by atoms with Gasteiger partial charge in [-0.3, -0.25) is 4.79 Å². The van der Waals surface area contributed by atoms with Crippen LogP contribution in [-0.2, 0) is 11.8 Å². The van der Waals surface area contributed by atoms with E-state index in [0.29, 0.717) is 25.5 Å². The van der Waals surface area contributed by atoms with Crippen molar-refractivity contribution in [2.75, 3.05) is 26.8 Å². The van der Waals surface area contributed by atoms with Gasteiger partial charge in [0, 0.05) is 33.1 Å². The van der Waals surface area contributed by atoms with E-state index in [-0.39, 0.29) is 5.91 Å². The summed E-state index contributed by atoms with van der Waals surface area (Å²) in [5.41, 5.74) is 0.590. The van der Waals surface area contributed by atoms with Crippen LogP contribution >= 0.6 is 0 Å². The molecule has 3 rings (SSSR count). The van der Waals surface area contributed by atoms with Crippen LogP contribution in [0.1, 0.15) is 29.0 Å². The first-order chi connectivity index (χ1) is 12.0. The van der Waals surface area contributed by atoms with Crippen LogP contribution in [0.5, 0.6) is 5.75 Å². The third-order valence-electron chi connectivity index (χ3n) is 4.86. The van der Waals surface area contributed by atoms with Crippen molar-refractivity contribution in [3.8, 4) is 5.75 Å². The van der Waals surface area contributed by atoms with Crippen molar-refractivity contribution in [2.24, 2.45) is 7.05 Å². The Balaban J connectivity index is 1.71. The van der Waals surface area contributed by atoms with E-state index in [1.165, 1.54) is 0 Å². The van der Waals surface area contributed by atoms with Gasteiger partial charge >= 0.3 is 0 Å². The number of methoxy groups -OCH3 is 1. The summed E-state index contributed by atoms with van der Waals surface area (Å²) in [6.45, 7) is 3.65. The average Bonchev–Trinajstić information content (AvgIpc) is 3.06. The van der Waals surface area contributed by atoms with Crippen LogP contribution in [0.25, 0.3) is 0 Å². The largest absolute Gasteiger partial charge is 0.490 e. The first-order valence-electron chi connectivity index (χ1n) is 8.55. The number of hydrogen-bond acceptors (Lipinski definition) is 4. The van der Waals surface area contributed by atoms with Crippen molar-refractivity contribution in [2.45, 2.75) is 25.4 Å². The molecule has 6 nitrogen and oxygen atoms in total. The molecule has 0 unspecified atom stereocenters. The summed E-state index contributed by atoms with van der Waals surface area (Å²) in [5.74, 6) is 1.24. The van der Waals surface area contributed by atoms with Gasteiger partial charge in [-0.2, -0.15) is 0 Å². The zero-order chi connectivity index (χ0) is 17.9. The highest BCUT2D eigenvalue weighted by atomic mass is 16.5. The molecule has 1 atom stereocenters. The van der Waals surface area contributed by atoms with Crippen molar-refractivity contribution >= 4 is 5.91 Å². The van der Waals surface area contributed by atoms with E-state index < -0.39 is 5.60 Å². The molecule has 1 saturated heterocycles. The summed E-state index contributed by atoms with van der Waals surface area (Å²) in [4.78, 5) is 18.7. The Morgan fingerprint density at radius 1 is 1.36 bits per heavy atom. The van der Waals surface area contributed by atoms with Gasteiger partial charge < -0.3 is 18.9 Å². The van der Waals surface area contributed by atoms with Gasteiger partial charge in [0.15, 0.2) is 5.82 Å². The molecule has 1 aromatic carbocycles. The first-order valence-corrected chi connectivity index (χ1v) is 8.55. The number of imidazole rings is 1. The number of likely N-dealkylation sites (tertiary alicyclic amines) is 1. The van der Waals surface area contributed by atoms with Gasteiger partial charge in [-0.25, -0.2) is 4.98 Å². The van der Waals surface area contributed by atoms with E-state index in [9.17, 15) is 4.79 Å². The van der Waals surface area contributed by atoms with Crippen molar-refractivity contribution in [3.05, 3.63) is 48.0 Å². The second kappa shape index (κ2) is 7.27. The Bertz CT molecular complexity index is 743. The number of amides is 1. The van der Waals surface area contributed by atoms with Gasteiger partial charge in [-0.1, -0.05) is 18.2 Å². The number of ether oxygens (including phenoxy) is 2. The molecule has 25 heavy (non-hydrogen) atoms. The van der Waals surface area contributed by atoms with Crippen molar-refractivity contribution in [3.63, 3.8) is 0 Å². The minimum absolute atomic E-state index is 0.0653. The standard InChI is InChI=1S/C19H25N3O3/c1-15-7-4-5-8-16(15)25-14-19(24-3)9-6-11-22(13-19)18(23)17-20-10-12-21(17)2/h4-5,7-8,10,12H,6,9,11,13-14H2,1-3H3/t19-/m1/s1. The molecule has 1 aliphatic rings. The molecular weight excluding hydrogens is 318 g/mol. The highest BCUT2D eigenvalue weighted by molar-refractivity contribution is 5.91. The predicted octanol–water partition coefficient (Wildman–Crippen LogP) is 2.43. The van der Waals surface area contributed by atoms with Gasteiger partial charge in [0.2, 0.25) is 0 Å². The Morgan fingerprint density at radius 2 is 2.16 bits per heavy atom. The van der Waals surface area contributed by atoms with Gasteiger partial charge in [-0.15, -0.1) is 0 Å². The summed E-state index contributed by atoms with van der Waals surface area (Å²) in [5, 5.41) is 0. The molecule has 2 heterocycles. The third-order valence-corrected chi connectivity index (χ3v) is 4.86. The molecule has 1 aromatic heterocycles. The minimum atomic E-state index is -0.499. The number of benzene rings is 1. The molecule has 0 N–H and O–H groups in total. The van der Waals surface area contributed by atoms with Crippen molar-refractivity contribution in [1.82, 2.24) is 14.5 Å². The molecule has 1 amide bonds. The van der Waals surface area contributed by atoms with Gasteiger partial charge in [0.05, 0.1) is 6.54 Å². The molecule has 1 aliphatic heterocycles. The Hall–Kier alpha value is -2.34. The smallest absolute Gasteiger partial charge is 0.289 e. The number of piperidine rings is 1. The summed E-state index contributed by atoms with van der Waals surface area (Å²) in [6.07, 6.45) is 5.16. The normalized spacial score (nSPS) is 20.5. The molecule has 0 bridgehead atoms. The Kier molecular flexibility index (Phi) is 5.08. The average molecular weight is 343 g/mol. The number of carbonyl (C=O) groups excluding carboxylic acids is 1. The molecule has 134 valence electrons.